The van der Waals surface area contributed by atoms with Crippen LogP contribution in [-0.2, 0) is 16.1 Å². The molecule has 2 aliphatic heterocycles. The molecule has 0 spiro atoms. The highest BCUT2D eigenvalue weighted by Crippen LogP contribution is 2.23. The number of likely N-dealkylation sites (tertiary alicyclic amines) is 1. The highest BCUT2D eigenvalue weighted by Gasteiger charge is 2.42. The van der Waals surface area contributed by atoms with Crippen LogP contribution in [0.1, 0.15) is 17.5 Å². The Morgan fingerprint density at radius 2 is 1.63 bits per heavy atom. The average Bonchev–Trinajstić information content (AvgIpc) is 3.05. The minimum Gasteiger partial charge on any atom is -0.297 e. The molecule has 2 aromatic rings. The van der Waals surface area contributed by atoms with Gasteiger partial charge in [-0.3, -0.25) is 24.3 Å². The highest BCUT2D eigenvalue weighted by molar-refractivity contribution is 6.30. The van der Waals surface area contributed by atoms with Gasteiger partial charge in [0.1, 0.15) is 0 Å². The molecular weight excluding hydrogens is 398 g/mol. The zero-order valence-electron chi connectivity index (χ0n) is 16.9. The van der Waals surface area contributed by atoms with Gasteiger partial charge >= 0.3 is 0 Å². The molecule has 0 radical (unpaired) electrons. The molecule has 5 nitrogen and oxygen atoms in total. The van der Waals surface area contributed by atoms with Crippen LogP contribution in [0.4, 0.5) is 0 Å². The van der Waals surface area contributed by atoms with Gasteiger partial charge in [-0.2, -0.15) is 0 Å². The van der Waals surface area contributed by atoms with Crippen molar-refractivity contribution < 1.29 is 9.59 Å². The minimum absolute atomic E-state index is 0.0765. The Hall–Kier alpha value is -2.47. The third-order valence-electron chi connectivity index (χ3n) is 5.80. The quantitative estimate of drug-likeness (QED) is 0.669. The Morgan fingerprint density at radius 1 is 0.933 bits per heavy atom. The molecule has 0 aromatic heterocycles. The molecule has 2 aliphatic rings. The molecule has 0 saturated carbocycles. The lowest BCUT2D eigenvalue weighted by molar-refractivity contribution is -0.140. The molecule has 2 aromatic carbocycles. The first-order valence-corrected chi connectivity index (χ1v) is 10.7. The number of imide groups is 1. The fraction of sp³-hybridized carbons (Fsp3) is 0.333. The number of hydrogen-bond acceptors (Lipinski definition) is 4. The number of halogens is 1. The molecule has 156 valence electrons. The summed E-state index contributed by atoms with van der Waals surface area (Å²) in [4.78, 5) is 31.3. The summed E-state index contributed by atoms with van der Waals surface area (Å²) in [5.41, 5.74) is 2.11. The summed E-state index contributed by atoms with van der Waals surface area (Å²) in [7, 11) is 0. The van der Waals surface area contributed by atoms with E-state index in [2.05, 4.69) is 34.1 Å². The van der Waals surface area contributed by atoms with Crippen LogP contribution in [0.2, 0.25) is 5.02 Å². The van der Waals surface area contributed by atoms with Gasteiger partial charge in [-0.1, -0.05) is 66.2 Å². The summed E-state index contributed by atoms with van der Waals surface area (Å²) < 4.78 is 0. The van der Waals surface area contributed by atoms with Gasteiger partial charge < -0.3 is 0 Å². The highest BCUT2D eigenvalue weighted by atomic mass is 35.5. The van der Waals surface area contributed by atoms with E-state index in [1.165, 1.54) is 10.5 Å². The number of nitrogens with zero attached hydrogens (tertiary/aromatic N) is 3. The summed E-state index contributed by atoms with van der Waals surface area (Å²) in [6.07, 6.45) is 4.60. The van der Waals surface area contributed by atoms with Crippen molar-refractivity contribution in [2.45, 2.75) is 19.0 Å². The Balaban J connectivity index is 1.28. The first-order valence-electron chi connectivity index (χ1n) is 10.4. The third kappa shape index (κ3) is 4.98. The van der Waals surface area contributed by atoms with Crippen molar-refractivity contribution in [3.05, 3.63) is 76.8 Å². The first-order chi connectivity index (χ1) is 14.6. The van der Waals surface area contributed by atoms with Gasteiger partial charge in [-0.25, -0.2) is 0 Å². The molecular formula is C24H26ClN3O2. The zero-order valence-corrected chi connectivity index (χ0v) is 17.7. The van der Waals surface area contributed by atoms with Gasteiger partial charge in [0.2, 0.25) is 11.8 Å². The van der Waals surface area contributed by atoms with Crippen LogP contribution in [-0.4, -0.2) is 65.3 Å². The van der Waals surface area contributed by atoms with E-state index >= 15 is 0 Å². The van der Waals surface area contributed by atoms with Crippen molar-refractivity contribution in [1.29, 1.82) is 0 Å². The van der Waals surface area contributed by atoms with E-state index in [4.69, 9.17) is 11.6 Å². The molecule has 0 N–H and O–H groups in total. The molecule has 2 heterocycles. The fourth-order valence-electron chi connectivity index (χ4n) is 4.05. The largest absolute Gasteiger partial charge is 0.297 e. The Morgan fingerprint density at radius 3 is 2.33 bits per heavy atom. The Kier molecular flexibility index (Phi) is 6.62. The molecule has 2 amide bonds. The normalized spacial score (nSPS) is 21.1. The maximum atomic E-state index is 12.9. The number of carbonyl (C=O) groups excluding carboxylic acids is 2. The molecule has 1 unspecified atom stereocenters. The number of hydrogen-bond donors (Lipinski definition) is 0. The molecule has 0 aliphatic carbocycles. The average molecular weight is 424 g/mol. The molecule has 2 fully saturated rings. The summed E-state index contributed by atoms with van der Waals surface area (Å²) >= 11 is 5.92. The topological polar surface area (TPSA) is 43.9 Å². The predicted molar refractivity (Wildman–Crippen MR) is 119 cm³/mol. The van der Waals surface area contributed by atoms with Crippen LogP contribution in [0.15, 0.2) is 60.7 Å². The number of carbonyl (C=O) groups is 2. The Bertz CT molecular complexity index is 906. The smallest absolute Gasteiger partial charge is 0.247 e. The molecule has 6 heteroatoms. The first kappa shape index (κ1) is 20.8. The van der Waals surface area contributed by atoms with Gasteiger partial charge in [-0.05, 0) is 23.3 Å². The summed E-state index contributed by atoms with van der Waals surface area (Å²) in [5.74, 6) is -0.166. The lowest BCUT2D eigenvalue weighted by atomic mass is 10.1. The standard InChI is InChI=1S/C24H26ClN3O2/c25-21-10-8-20(9-11-21)18-28-23(29)17-22(24(28)30)27-15-13-26(14-16-27)12-4-7-19-5-2-1-3-6-19/h1-11,22H,12-18H2. The second kappa shape index (κ2) is 9.56. The van der Waals surface area contributed by atoms with Crippen molar-refractivity contribution in [3.63, 3.8) is 0 Å². The van der Waals surface area contributed by atoms with Gasteiger partial charge in [0, 0.05) is 37.7 Å². The molecule has 2 saturated heterocycles. The molecule has 4 rings (SSSR count). The number of amides is 2. The van der Waals surface area contributed by atoms with E-state index in [1.54, 1.807) is 12.1 Å². The number of benzene rings is 2. The lowest BCUT2D eigenvalue weighted by Crippen LogP contribution is -2.52. The predicted octanol–water partition coefficient (Wildman–Crippen LogP) is 3.30. The van der Waals surface area contributed by atoms with Crippen molar-refractivity contribution in [3.8, 4) is 0 Å². The van der Waals surface area contributed by atoms with Crippen molar-refractivity contribution in [2.75, 3.05) is 32.7 Å². The molecule has 1 atom stereocenters. The van der Waals surface area contributed by atoms with E-state index in [9.17, 15) is 9.59 Å². The Labute approximate surface area is 182 Å². The minimum atomic E-state index is -0.327. The second-order valence-electron chi connectivity index (χ2n) is 7.81. The van der Waals surface area contributed by atoms with Crippen molar-refractivity contribution in [1.82, 2.24) is 14.7 Å². The van der Waals surface area contributed by atoms with Gasteiger partial charge in [0.25, 0.3) is 0 Å². The van der Waals surface area contributed by atoms with E-state index in [-0.39, 0.29) is 24.3 Å². The number of piperazine rings is 1. The lowest BCUT2D eigenvalue weighted by Gasteiger charge is -2.36. The van der Waals surface area contributed by atoms with Gasteiger partial charge in [0.15, 0.2) is 0 Å². The van der Waals surface area contributed by atoms with Gasteiger partial charge in [-0.15, -0.1) is 0 Å². The summed E-state index contributed by atoms with van der Waals surface area (Å²) in [6, 6.07) is 17.2. The SMILES string of the molecule is O=C1CC(N2CCN(CC=Cc3ccccc3)CC2)C(=O)N1Cc1ccc(Cl)cc1. The summed E-state index contributed by atoms with van der Waals surface area (Å²) in [5, 5.41) is 0.646. The van der Waals surface area contributed by atoms with Crippen molar-refractivity contribution in [2.24, 2.45) is 0 Å². The zero-order chi connectivity index (χ0) is 20.9. The van der Waals surface area contributed by atoms with Crippen molar-refractivity contribution >= 4 is 29.5 Å². The van der Waals surface area contributed by atoms with E-state index in [1.807, 2.05) is 30.3 Å². The second-order valence-corrected chi connectivity index (χ2v) is 8.25. The van der Waals surface area contributed by atoms with E-state index in [0.717, 1.165) is 38.3 Å². The van der Waals surface area contributed by atoms with Crippen LogP contribution in [0.25, 0.3) is 6.08 Å². The fourth-order valence-corrected chi connectivity index (χ4v) is 4.18. The van der Waals surface area contributed by atoms with Crippen LogP contribution in [0.5, 0.6) is 0 Å². The van der Waals surface area contributed by atoms with Crippen LogP contribution >= 0.6 is 11.6 Å². The van der Waals surface area contributed by atoms with E-state index in [0.29, 0.717) is 11.6 Å². The number of rotatable bonds is 6. The van der Waals surface area contributed by atoms with Gasteiger partial charge in [0.05, 0.1) is 19.0 Å². The van der Waals surface area contributed by atoms with E-state index < -0.39 is 0 Å². The third-order valence-corrected chi connectivity index (χ3v) is 6.05. The monoisotopic (exact) mass is 423 g/mol. The van der Waals surface area contributed by atoms with Crippen LogP contribution < -0.4 is 0 Å². The van der Waals surface area contributed by atoms with Crippen LogP contribution in [0.3, 0.4) is 0 Å². The maximum absolute atomic E-state index is 12.9. The molecule has 0 bridgehead atoms. The maximum Gasteiger partial charge on any atom is 0.247 e. The van der Waals surface area contributed by atoms with Crippen LogP contribution in [0, 0.1) is 0 Å². The summed E-state index contributed by atoms with van der Waals surface area (Å²) in [6.45, 7) is 4.61. The molecule has 30 heavy (non-hydrogen) atoms.